The molecule has 1 saturated carbocycles. The van der Waals surface area contributed by atoms with E-state index in [0.29, 0.717) is 16.7 Å². The molecule has 1 aromatic carbocycles. The average molecular weight is 370 g/mol. The molecular formula is C20H22N2O3S. The van der Waals surface area contributed by atoms with Crippen LogP contribution in [0.25, 0.3) is 11.1 Å². The lowest BCUT2D eigenvalue weighted by atomic mass is 9.95. The predicted octanol–water partition coefficient (Wildman–Crippen LogP) is 5.08. The van der Waals surface area contributed by atoms with Crippen molar-refractivity contribution in [1.82, 2.24) is 10.3 Å². The first kappa shape index (κ1) is 17.2. The Hall–Kier alpha value is -2.21. The van der Waals surface area contributed by atoms with E-state index in [2.05, 4.69) is 10.3 Å². The summed E-state index contributed by atoms with van der Waals surface area (Å²) >= 11 is 1.46. The third kappa shape index (κ3) is 3.96. The number of hydrogen-bond donors (Lipinski definition) is 1. The molecule has 1 fully saturated rings. The van der Waals surface area contributed by atoms with E-state index < -0.39 is 0 Å². The van der Waals surface area contributed by atoms with Crippen molar-refractivity contribution < 1.29 is 13.6 Å². The van der Waals surface area contributed by atoms with Crippen molar-refractivity contribution in [2.45, 2.75) is 56.0 Å². The molecule has 26 heavy (non-hydrogen) atoms. The number of nitrogens with one attached hydrogen (secondary N) is 1. The smallest absolute Gasteiger partial charge is 0.287 e. The second-order valence-electron chi connectivity index (χ2n) is 6.81. The molecule has 1 aliphatic carbocycles. The summed E-state index contributed by atoms with van der Waals surface area (Å²) in [5.41, 5.74) is 2.80. The summed E-state index contributed by atoms with van der Waals surface area (Å²) in [5.74, 6) is 1.56. The summed E-state index contributed by atoms with van der Waals surface area (Å²) in [4.78, 5) is 16.8. The number of carbonyl (C=O) groups is 1. The van der Waals surface area contributed by atoms with Crippen molar-refractivity contribution in [3.8, 4) is 0 Å². The molecule has 0 atom stereocenters. The fourth-order valence-electron chi connectivity index (χ4n) is 3.29. The number of aromatic nitrogens is 1. The van der Waals surface area contributed by atoms with Crippen LogP contribution in [0.4, 0.5) is 0 Å². The van der Waals surface area contributed by atoms with Crippen LogP contribution in [0.3, 0.4) is 0 Å². The second kappa shape index (κ2) is 7.58. The van der Waals surface area contributed by atoms with E-state index in [1.165, 1.54) is 31.0 Å². The Balaban J connectivity index is 1.35. The standard InChI is InChI=1S/C20H22N2O3S/c1-13-7-9-17-16(11-13)22-20(25-17)26-12-15-8-10-18(24-15)19(23)21-14-5-3-2-4-6-14/h7-11,14H,2-6,12H2,1H3,(H,21,23). The van der Waals surface area contributed by atoms with Crippen molar-refractivity contribution in [2.24, 2.45) is 0 Å². The summed E-state index contributed by atoms with van der Waals surface area (Å²) in [6, 6.07) is 9.80. The third-order valence-corrected chi connectivity index (χ3v) is 5.54. The van der Waals surface area contributed by atoms with E-state index in [1.54, 1.807) is 6.07 Å². The molecule has 2 aromatic heterocycles. The van der Waals surface area contributed by atoms with E-state index in [0.717, 1.165) is 35.3 Å². The van der Waals surface area contributed by atoms with Crippen molar-refractivity contribution >= 4 is 28.8 Å². The summed E-state index contributed by atoms with van der Waals surface area (Å²) in [6.45, 7) is 2.03. The molecule has 136 valence electrons. The average Bonchev–Trinajstić information content (AvgIpc) is 3.27. The molecule has 0 spiro atoms. The molecule has 0 bridgehead atoms. The first-order valence-corrected chi connectivity index (χ1v) is 10.1. The van der Waals surface area contributed by atoms with Crippen LogP contribution in [0.15, 0.2) is 44.4 Å². The summed E-state index contributed by atoms with van der Waals surface area (Å²) < 4.78 is 11.4. The Kier molecular flexibility index (Phi) is 5.02. The lowest BCUT2D eigenvalue weighted by Crippen LogP contribution is -2.35. The molecule has 0 radical (unpaired) electrons. The Morgan fingerprint density at radius 1 is 1.19 bits per heavy atom. The minimum Gasteiger partial charge on any atom is -0.455 e. The maximum Gasteiger partial charge on any atom is 0.287 e. The zero-order valence-corrected chi connectivity index (χ0v) is 15.6. The van der Waals surface area contributed by atoms with Gasteiger partial charge in [0, 0.05) is 6.04 Å². The van der Waals surface area contributed by atoms with E-state index in [-0.39, 0.29) is 11.9 Å². The highest BCUT2D eigenvalue weighted by molar-refractivity contribution is 7.98. The molecule has 5 nitrogen and oxygen atoms in total. The van der Waals surface area contributed by atoms with Crippen LogP contribution in [-0.2, 0) is 5.75 Å². The van der Waals surface area contributed by atoms with Crippen molar-refractivity contribution in [2.75, 3.05) is 0 Å². The topological polar surface area (TPSA) is 68.3 Å². The molecule has 0 saturated heterocycles. The predicted molar refractivity (Wildman–Crippen MR) is 101 cm³/mol. The van der Waals surface area contributed by atoms with Crippen molar-refractivity contribution in [1.29, 1.82) is 0 Å². The van der Waals surface area contributed by atoms with Crippen LogP contribution in [0.5, 0.6) is 0 Å². The highest BCUT2D eigenvalue weighted by Gasteiger charge is 2.19. The van der Waals surface area contributed by atoms with Crippen LogP contribution in [0, 0.1) is 6.92 Å². The Bertz CT molecular complexity index is 909. The van der Waals surface area contributed by atoms with Gasteiger partial charge in [-0.1, -0.05) is 37.1 Å². The number of amides is 1. The number of fused-ring (bicyclic) bond motifs is 1. The van der Waals surface area contributed by atoms with Gasteiger partial charge in [0.1, 0.15) is 11.3 Å². The molecule has 0 unspecified atom stereocenters. The van der Waals surface area contributed by atoms with Crippen LogP contribution in [-0.4, -0.2) is 16.9 Å². The minimum absolute atomic E-state index is 0.120. The number of furan rings is 1. The van der Waals surface area contributed by atoms with Gasteiger partial charge in [0.2, 0.25) is 0 Å². The number of nitrogens with zero attached hydrogens (tertiary/aromatic N) is 1. The van der Waals surface area contributed by atoms with Crippen LogP contribution in [0.2, 0.25) is 0 Å². The van der Waals surface area contributed by atoms with Gasteiger partial charge in [0.05, 0.1) is 5.75 Å². The van der Waals surface area contributed by atoms with E-state index >= 15 is 0 Å². The van der Waals surface area contributed by atoms with Gasteiger partial charge in [-0.2, -0.15) is 0 Å². The largest absolute Gasteiger partial charge is 0.455 e. The van der Waals surface area contributed by atoms with Crippen LogP contribution in [0.1, 0.15) is 54.0 Å². The summed E-state index contributed by atoms with van der Waals surface area (Å²) in [6.07, 6.45) is 5.77. The molecular weight excluding hydrogens is 348 g/mol. The number of hydrogen-bond acceptors (Lipinski definition) is 5. The number of carbonyl (C=O) groups excluding carboxylic acids is 1. The fourth-order valence-corrected chi connectivity index (χ4v) is 4.02. The lowest BCUT2D eigenvalue weighted by Gasteiger charge is -2.22. The van der Waals surface area contributed by atoms with Crippen LogP contribution >= 0.6 is 11.8 Å². The SMILES string of the molecule is Cc1ccc2oc(SCc3ccc(C(=O)NC4CCCCC4)o3)nc2c1. The molecule has 1 amide bonds. The maximum atomic E-state index is 12.3. The molecule has 1 N–H and O–H groups in total. The number of oxazole rings is 1. The number of aryl methyl sites for hydroxylation is 1. The lowest BCUT2D eigenvalue weighted by molar-refractivity contribution is 0.0898. The van der Waals surface area contributed by atoms with Gasteiger partial charge in [-0.3, -0.25) is 4.79 Å². The zero-order valence-electron chi connectivity index (χ0n) is 14.8. The van der Waals surface area contributed by atoms with Gasteiger partial charge in [-0.25, -0.2) is 4.98 Å². The Morgan fingerprint density at radius 3 is 2.88 bits per heavy atom. The van der Waals surface area contributed by atoms with E-state index in [1.807, 2.05) is 31.2 Å². The molecule has 4 rings (SSSR count). The summed E-state index contributed by atoms with van der Waals surface area (Å²) in [7, 11) is 0. The van der Waals surface area contributed by atoms with Gasteiger partial charge >= 0.3 is 0 Å². The summed E-state index contributed by atoms with van der Waals surface area (Å²) in [5, 5.41) is 3.68. The van der Waals surface area contributed by atoms with Crippen molar-refractivity contribution in [3.05, 3.63) is 47.4 Å². The minimum atomic E-state index is -0.120. The Morgan fingerprint density at radius 2 is 2.04 bits per heavy atom. The number of rotatable bonds is 5. The second-order valence-corrected chi connectivity index (χ2v) is 7.74. The molecule has 2 heterocycles. The highest BCUT2D eigenvalue weighted by atomic mass is 32.2. The fraction of sp³-hybridized carbons (Fsp3) is 0.400. The molecule has 3 aromatic rings. The van der Waals surface area contributed by atoms with E-state index in [9.17, 15) is 4.79 Å². The van der Waals surface area contributed by atoms with Crippen LogP contribution < -0.4 is 5.32 Å². The van der Waals surface area contributed by atoms with Gasteiger partial charge in [-0.05, 0) is 49.6 Å². The van der Waals surface area contributed by atoms with Gasteiger partial charge in [0.25, 0.3) is 11.1 Å². The number of benzene rings is 1. The third-order valence-electron chi connectivity index (χ3n) is 4.69. The molecule has 6 heteroatoms. The van der Waals surface area contributed by atoms with E-state index in [4.69, 9.17) is 8.83 Å². The normalized spacial score (nSPS) is 15.4. The van der Waals surface area contributed by atoms with Gasteiger partial charge < -0.3 is 14.2 Å². The monoisotopic (exact) mass is 370 g/mol. The van der Waals surface area contributed by atoms with Gasteiger partial charge in [0.15, 0.2) is 11.3 Å². The maximum absolute atomic E-state index is 12.3. The van der Waals surface area contributed by atoms with Crippen molar-refractivity contribution in [3.63, 3.8) is 0 Å². The Labute approximate surface area is 156 Å². The van der Waals surface area contributed by atoms with Gasteiger partial charge in [-0.15, -0.1) is 0 Å². The number of thioether (sulfide) groups is 1. The molecule has 1 aliphatic rings. The zero-order chi connectivity index (χ0) is 17.9. The molecule has 0 aliphatic heterocycles. The quantitative estimate of drug-likeness (QED) is 0.634. The first-order valence-electron chi connectivity index (χ1n) is 9.07. The highest BCUT2D eigenvalue weighted by Crippen LogP contribution is 2.27. The first-order chi connectivity index (χ1) is 12.7.